The lowest BCUT2D eigenvalue weighted by Crippen LogP contribution is -2.41. The first-order chi connectivity index (χ1) is 10.5. The number of aromatic nitrogens is 1. The SMILES string of the molecule is NCC1CCN(C(=O)CCNS(=O)(=O)c2cccnc2)CC1. The van der Waals surface area contributed by atoms with E-state index in [0.717, 1.165) is 12.8 Å². The maximum absolute atomic E-state index is 12.1. The maximum Gasteiger partial charge on any atom is 0.242 e. The van der Waals surface area contributed by atoms with Crippen LogP contribution in [0.15, 0.2) is 29.4 Å². The number of amides is 1. The second kappa shape index (κ2) is 7.66. The molecule has 2 heterocycles. The topological polar surface area (TPSA) is 105 Å². The Bertz CT molecular complexity index is 583. The second-order valence-electron chi connectivity index (χ2n) is 5.40. The summed E-state index contributed by atoms with van der Waals surface area (Å²) in [5, 5.41) is 0. The zero-order valence-electron chi connectivity index (χ0n) is 12.4. The van der Waals surface area contributed by atoms with Crippen LogP contribution in [0.3, 0.4) is 0 Å². The number of hydrogen-bond donors (Lipinski definition) is 2. The zero-order chi connectivity index (χ0) is 16.0. The quantitative estimate of drug-likeness (QED) is 0.762. The van der Waals surface area contributed by atoms with Gasteiger partial charge in [-0.1, -0.05) is 0 Å². The molecule has 22 heavy (non-hydrogen) atoms. The van der Waals surface area contributed by atoms with Crippen LogP contribution in [-0.2, 0) is 14.8 Å². The van der Waals surface area contributed by atoms with E-state index in [-0.39, 0.29) is 23.8 Å². The molecule has 0 aliphatic carbocycles. The molecule has 0 radical (unpaired) electrons. The fraction of sp³-hybridized carbons (Fsp3) is 0.571. The number of pyridine rings is 1. The number of carbonyl (C=O) groups is 1. The highest BCUT2D eigenvalue weighted by molar-refractivity contribution is 7.89. The van der Waals surface area contributed by atoms with Crippen LogP contribution >= 0.6 is 0 Å². The molecule has 1 fully saturated rings. The van der Waals surface area contributed by atoms with E-state index in [0.29, 0.717) is 25.6 Å². The van der Waals surface area contributed by atoms with Crippen molar-refractivity contribution in [2.75, 3.05) is 26.2 Å². The summed E-state index contributed by atoms with van der Waals surface area (Å²) in [5.41, 5.74) is 5.62. The minimum Gasteiger partial charge on any atom is -0.343 e. The summed E-state index contributed by atoms with van der Waals surface area (Å²) < 4.78 is 26.4. The molecule has 1 saturated heterocycles. The van der Waals surface area contributed by atoms with Crippen molar-refractivity contribution >= 4 is 15.9 Å². The van der Waals surface area contributed by atoms with Crippen LogP contribution in [0.2, 0.25) is 0 Å². The van der Waals surface area contributed by atoms with Gasteiger partial charge < -0.3 is 10.6 Å². The lowest BCUT2D eigenvalue weighted by atomic mass is 9.97. The molecule has 7 nitrogen and oxygen atoms in total. The van der Waals surface area contributed by atoms with Gasteiger partial charge in [-0.25, -0.2) is 13.1 Å². The zero-order valence-corrected chi connectivity index (χ0v) is 13.3. The number of hydrogen-bond acceptors (Lipinski definition) is 5. The van der Waals surface area contributed by atoms with Gasteiger partial charge in [-0.2, -0.15) is 0 Å². The summed E-state index contributed by atoms with van der Waals surface area (Å²) in [4.78, 5) is 17.7. The van der Waals surface area contributed by atoms with E-state index >= 15 is 0 Å². The Labute approximate surface area is 131 Å². The minimum atomic E-state index is -3.60. The highest BCUT2D eigenvalue weighted by atomic mass is 32.2. The lowest BCUT2D eigenvalue weighted by Gasteiger charge is -2.31. The third-order valence-corrected chi connectivity index (χ3v) is 5.32. The third kappa shape index (κ3) is 4.49. The van der Waals surface area contributed by atoms with E-state index in [1.165, 1.54) is 18.5 Å². The Balaban J connectivity index is 1.78. The molecule has 0 aromatic carbocycles. The summed E-state index contributed by atoms with van der Waals surface area (Å²) in [5.74, 6) is 0.470. The number of likely N-dealkylation sites (tertiary alicyclic amines) is 1. The van der Waals surface area contributed by atoms with E-state index in [9.17, 15) is 13.2 Å². The first kappa shape index (κ1) is 16.9. The van der Waals surface area contributed by atoms with Crippen LogP contribution in [-0.4, -0.2) is 50.4 Å². The number of nitrogens with two attached hydrogens (primary N) is 1. The molecule has 1 aliphatic heterocycles. The molecule has 122 valence electrons. The van der Waals surface area contributed by atoms with E-state index < -0.39 is 10.0 Å². The number of nitrogens with one attached hydrogen (secondary N) is 1. The first-order valence-electron chi connectivity index (χ1n) is 7.40. The Hall–Kier alpha value is -1.51. The van der Waals surface area contributed by atoms with Crippen molar-refractivity contribution in [2.45, 2.75) is 24.2 Å². The molecule has 1 aromatic heterocycles. The second-order valence-corrected chi connectivity index (χ2v) is 7.16. The average molecular weight is 326 g/mol. The number of nitrogens with zero attached hydrogens (tertiary/aromatic N) is 2. The Kier molecular flexibility index (Phi) is 5.87. The molecule has 0 atom stereocenters. The van der Waals surface area contributed by atoms with Gasteiger partial charge >= 0.3 is 0 Å². The summed E-state index contributed by atoms with van der Waals surface area (Å²) >= 11 is 0. The summed E-state index contributed by atoms with van der Waals surface area (Å²) in [7, 11) is -3.60. The van der Waals surface area contributed by atoms with Gasteiger partial charge in [0.25, 0.3) is 0 Å². The van der Waals surface area contributed by atoms with Crippen molar-refractivity contribution in [1.82, 2.24) is 14.6 Å². The van der Waals surface area contributed by atoms with Crippen LogP contribution in [0.5, 0.6) is 0 Å². The predicted molar refractivity (Wildman–Crippen MR) is 82.4 cm³/mol. The van der Waals surface area contributed by atoms with E-state index in [1.807, 2.05) is 0 Å². The molecular weight excluding hydrogens is 304 g/mol. The molecule has 1 aliphatic rings. The number of rotatable bonds is 6. The molecule has 8 heteroatoms. The Morgan fingerprint density at radius 2 is 2.14 bits per heavy atom. The fourth-order valence-electron chi connectivity index (χ4n) is 2.46. The smallest absolute Gasteiger partial charge is 0.242 e. The van der Waals surface area contributed by atoms with Gasteiger partial charge in [0, 0.05) is 38.4 Å². The summed E-state index contributed by atoms with van der Waals surface area (Å²) in [6.45, 7) is 2.16. The molecule has 0 unspecified atom stereocenters. The Morgan fingerprint density at radius 3 is 2.73 bits per heavy atom. The van der Waals surface area contributed by atoms with Gasteiger partial charge in [-0.15, -0.1) is 0 Å². The van der Waals surface area contributed by atoms with Crippen molar-refractivity contribution in [1.29, 1.82) is 0 Å². The van der Waals surface area contributed by atoms with Crippen LogP contribution < -0.4 is 10.5 Å². The van der Waals surface area contributed by atoms with E-state index in [2.05, 4.69) is 9.71 Å². The highest BCUT2D eigenvalue weighted by Crippen LogP contribution is 2.16. The van der Waals surface area contributed by atoms with Crippen molar-refractivity contribution in [3.8, 4) is 0 Å². The standard InChI is InChI=1S/C14H22N4O3S/c15-10-12-4-8-18(9-5-12)14(19)3-7-17-22(20,21)13-2-1-6-16-11-13/h1-2,6,11-12,17H,3-5,7-10,15H2. The molecule has 3 N–H and O–H groups in total. The minimum absolute atomic E-state index is 0.0237. The van der Waals surface area contributed by atoms with Gasteiger partial charge in [0.1, 0.15) is 4.90 Å². The van der Waals surface area contributed by atoms with Gasteiger partial charge in [0.2, 0.25) is 15.9 Å². The normalized spacial score (nSPS) is 16.7. The molecule has 1 amide bonds. The van der Waals surface area contributed by atoms with Crippen LogP contribution in [0, 0.1) is 5.92 Å². The van der Waals surface area contributed by atoms with Crippen molar-refractivity contribution in [2.24, 2.45) is 11.7 Å². The Morgan fingerprint density at radius 1 is 1.41 bits per heavy atom. The largest absolute Gasteiger partial charge is 0.343 e. The molecule has 2 rings (SSSR count). The monoisotopic (exact) mass is 326 g/mol. The highest BCUT2D eigenvalue weighted by Gasteiger charge is 2.22. The molecule has 0 bridgehead atoms. The molecular formula is C14H22N4O3S. The maximum atomic E-state index is 12.1. The fourth-order valence-corrected chi connectivity index (χ4v) is 3.45. The predicted octanol–water partition coefficient (Wildman–Crippen LogP) is -0.0527. The van der Waals surface area contributed by atoms with Crippen LogP contribution in [0.25, 0.3) is 0 Å². The molecule has 0 spiro atoms. The number of carbonyl (C=O) groups excluding carboxylic acids is 1. The van der Waals surface area contributed by atoms with Gasteiger partial charge in [0.05, 0.1) is 0 Å². The van der Waals surface area contributed by atoms with Crippen molar-refractivity contribution < 1.29 is 13.2 Å². The van der Waals surface area contributed by atoms with E-state index in [1.54, 1.807) is 11.0 Å². The van der Waals surface area contributed by atoms with Crippen LogP contribution in [0.1, 0.15) is 19.3 Å². The van der Waals surface area contributed by atoms with Crippen molar-refractivity contribution in [3.63, 3.8) is 0 Å². The average Bonchev–Trinajstić information content (AvgIpc) is 2.55. The van der Waals surface area contributed by atoms with Crippen LogP contribution in [0.4, 0.5) is 0 Å². The van der Waals surface area contributed by atoms with Gasteiger partial charge in [0.15, 0.2) is 0 Å². The number of sulfonamides is 1. The number of piperidine rings is 1. The first-order valence-corrected chi connectivity index (χ1v) is 8.89. The lowest BCUT2D eigenvalue weighted by molar-refractivity contribution is -0.132. The third-order valence-electron chi connectivity index (χ3n) is 3.88. The van der Waals surface area contributed by atoms with Crippen molar-refractivity contribution in [3.05, 3.63) is 24.5 Å². The summed E-state index contributed by atoms with van der Waals surface area (Å²) in [6.07, 6.45) is 4.79. The van der Waals surface area contributed by atoms with Gasteiger partial charge in [-0.05, 0) is 37.4 Å². The van der Waals surface area contributed by atoms with Gasteiger partial charge in [-0.3, -0.25) is 9.78 Å². The van der Waals surface area contributed by atoms with E-state index in [4.69, 9.17) is 5.73 Å². The molecule has 0 saturated carbocycles. The summed E-state index contributed by atoms with van der Waals surface area (Å²) in [6, 6.07) is 3.02. The molecule has 1 aromatic rings.